The molecule has 0 aromatic heterocycles. The molecule has 1 heterocycles. The monoisotopic (exact) mass is 440 g/mol. The number of hydrogen-bond donors (Lipinski definition) is 1. The number of halogens is 1. The lowest BCUT2D eigenvalue weighted by molar-refractivity contribution is -0.139. The van der Waals surface area contributed by atoms with Gasteiger partial charge in [-0.3, -0.25) is 9.59 Å². The van der Waals surface area contributed by atoms with Gasteiger partial charge in [0.15, 0.2) is 0 Å². The van der Waals surface area contributed by atoms with Gasteiger partial charge in [0.25, 0.3) is 11.7 Å². The van der Waals surface area contributed by atoms with Crippen LogP contribution >= 0.6 is 0 Å². The second-order valence-electron chi connectivity index (χ2n) is 8.07. The molecule has 1 aliphatic heterocycles. The lowest BCUT2D eigenvalue weighted by Crippen LogP contribution is -2.32. The van der Waals surface area contributed by atoms with Crippen molar-refractivity contribution in [3.05, 3.63) is 71.0 Å². The molecule has 0 bridgehead atoms. The third kappa shape index (κ3) is 5.16. The summed E-state index contributed by atoms with van der Waals surface area (Å²) < 4.78 is 19.0. The van der Waals surface area contributed by atoms with Crippen molar-refractivity contribution in [1.29, 1.82) is 0 Å². The smallest absolute Gasteiger partial charge is 0.295 e. The lowest BCUT2D eigenvalue weighted by atomic mass is 9.95. The van der Waals surface area contributed by atoms with Crippen LogP contribution in [0, 0.1) is 5.82 Å². The maximum absolute atomic E-state index is 13.4. The second-order valence-corrected chi connectivity index (χ2v) is 8.07. The van der Waals surface area contributed by atoms with E-state index in [0.717, 1.165) is 13.0 Å². The summed E-state index contributed by atoms with van der Waals surface area (Å²) in [5.41, 5.74) is 0.987. The fourth-order valence-corrected chi connectivity index (χ4v) is 3.74. The van der Waals surface area contributed by atoms with E-state index in [1.165, 1.54) is 29.2 Å². The van der Waals surface area contributed by atoms with Crippen LogP contribution in [0.5, 0.6) is 5.75 Å². The van der Waals surface area contributed by atoms with Gasteiger partial charge in [-0.05, 0) is 75.4 Å². The van der Waals surface area contributed by atoms with E-state index < -0.39 is 23.5 Å². The maximum atomic E-state index is 13.4. The van der Waals surface area contributed by atoms with Gasteiger partial charge in [0.2, 0.25) is 0 Å². The zero-order valence-corrected chi connectivity index (χ0v) is 18.7. The van der Waals surface area contributed by atoms with Crippen LogP contribution < -0.4 is 4.74 Å². The summed E-state index contributed by atoms with van der Waals surface area (Å²) in [5, 5.41) is 11.0. The highest BCUT2D eigenvalue weighted by Crippen LogP contribution is 2.39. The Hall–Kier alpha value is -3.19. The molecular formula is C25H29FN2O4. The van der Waals surface area contributed by atoms with E-state index in [-0.39, 0.29) is 16.9 Å². The predicted octanol–water partition coefficient (Wildman–Crippen LogP) is 3.99. The molecule has 0 spiro atoms. The number of ether oxygens (including phenoxy) is 1. The number of likely N-dealkylation sites (tertiary alicyclic amines) is 1. The predicted molar refractivity (Wildman–Crippen MR) is 121 cm³/mol. The lowest BCUT2D eigenvalue weighted by Gasteiger charge is -2.26. The minimum absolute atomic E-state index is 0.00804. The topological polar surface area (TPSA) is 70.1 Å². The van der Waals surface area contributed by atoms with E-state index in [2.05, 4.69) is 0 Å². The number of ketones is 1. The molecule has 0 aliphatic carbocycles. The number of hydrogen-bond acceptors (Lipinski definition) is 5. The first-order chi connectivity index (χ1) is 15.3. The molecule has 170 valence electrons. The van der Waals surface area contributed by atoms with Crippen molar-refractivity contribution < 1.29 is 23.8 Å². The van der Waals surface area contributed by atoms with Crippen LogP contribution in [0.1, 0.15) is 36.9 Å². The average molecular weight is 441 g/mol. The molecule has 0 radical (unpaired) electrons. The normalized spacial score (nSPS) is 17.9. The molecule has 1 N–H and O–H groups in total. The van der Waals surface area contributed by atoms with Crippen LogP contribution in [-0.4, -0.2) is 60.4 Å². The summed E-state index contributed by atoms with van der Waals surface area (Å²) in [5.74, 6) is -1.46. The van der Waals surface area contributed by atoms with E-state index in [1.54, 1.807) is 24.3 Å². The Balaban J connectivity index is 2.03. The molecule has 1 amide bonds. The molecule has 2 aromatic rings. The Morgan fingerprint density at radius 3 is 2.34 bits per heavy atom. The van der Waals surface area contributed by atoms with Crippen LogP contribution in [0.4, 0.5) is 4.39 Å². The van der Waals surface area contributed by atoms with Crippen molar-refractivity contribution >= 4 is 17.4 Å². The quantitative estimate of drug-likeness (QED) is 0.363. The van der Waals surface area contributed by atoms with Gasteiger partial charge >= 0.3 is 0 Å². The highest BCUT2D eigenvalue weighted by molar-refractivity contribution is 6.46. The van der Waals surface area contributed by atoms with Crippen molar-refractivity contribution in [1.82, 2.24) is 9.80 Å². The van der Waals surface area contributed by atoms with Gasteiger partial charge in [0, 0.05) is 12.1 Å². The number of benzene rings is 2. The number of carbonyl (C=O) groups excluding carboxylic acids is 2. The standard InChI is InChI=1S/C25H29FN2O4/c1-4-16-32-20-12-8-17(9-13-20)22-21(23(29)18-6-10-19(26)11-7-18)24(30)25(31)28(22)15-5-14-27(2)3/h6-13,22,29H,4-5,14-16H2,1-3H3/b23-21-/t22-/m0/s1. The average Bonchev–Trinajstić information content (AvgIpc) is 3.03. The SMILES string of the molecule is CCCOc1ccc([C@H]2/C(=C(/O)c3ccc(F)cc3)C(=O)C(=O)N2CCCN(C)C)cc1. The van der Waals surface area contributed by atoms with Gasteiger partial charge in [-0.25, -0.2) is 4.39 Å². The van der Waals surface area contributed by atoms with Crippen molar-refractivity contribution in [3.63, 3.8) is 0 Å². The third-order valence-corrected chi connectivity index (χ3v) is 5.33. The molecule has 1 fully saturated rings. The zero-order chi connectivity index (χ0) is 23.3. The number of aliphatic hydroxyl groups excluding tert-OH is 1. The number of aliphatic hydroxyl groups is 1. The second kappa shape index (κ2) is 10.4. The molecule has 0 saturated carbocycles. The number of rotatable bonds is 9. The number of carbonyl (C=O) groups is 2. The molecule has 1 atom stereocenters. The highest BCUT2D eigenvalue weighted by atomic mass is 19.1. The van der Waals surface area contributed by atoms with Gasteiger partial charge < -0.3 is 19.6 Å². The summed E-state index contributed by atoms with van der Waals surface area (Å²) in [6.45, 7) is 3.72. The van der Waals surface area contributed by atoms with Crippen molar-refractivity contribution in [2.75, 3.05) is 33.8 Å². The zero-order valence-electron chi connectivity index (χ0n) is 18.7. The van der Waals surface area contributed by atoms with Crippen LogP contribution in [0.3, 0.4) is 0 Å². The van der Waals surface area contributed by atoms with Crippen molar-refractivity contribution in [2.45, 2.75) is 25.8 Å². The fourth-order valence-electron chi connectivity index (χ4n) is 3.74. The van der Waals surface area contributed by atoms with Gasteiger partial charge in [0.05, 0.1) is 18.2 Å². The first-order valence-corrected chi connectivity index (χ1v) is 10.7. The first kappa shape index (κ1) is 23.5. The molecule has 32 heavy (non-hydrogen) atoms. The van der Waals surface area contributed by atoms with Crippen LogP contribution in [0.25, 0.3) is 5.76 Å². The van der Waals surface area contributed by atoms with E-state index >= 15 is 0 Å². The van der Waals surface area contributed by atoms with Crippen LogP contribution in [0.15, 0.2) is 54.1 Å². The molecule has 1 saturated heterocycles. The molecule has 1 aliphatic rings. The highest BCUT2D eigenvalue weighted by Gasteiger charge is 2.45. The summed E-state index contributed by atoms with van der Waals surface area (Å²) >= 11 is 0. The molecule has 3 rings (SSSR count). The van der Waals surface area contributed by atoms with Gasteiger partial charge in [-0.1, -0.05) is 19.1 Å². The van der Waals surface area contributed by atoms with E-state index in [1.807, 2.05) is 25.9 Å². The summed E-state index contributed by atoms with van der Waals surface area (Å²) in [6.07, 6.45) is 1.55. The van der Waals surface area contributed by atoms with E-state index in [0.29, 0.717) is 30.9 Å². The number of Topliss-reactive ketones (excluding diaryl/α,β-unsaturated/α-hetero) is 1. The Bertz CT molecular complexity index is 984. The van der Waals surface area contributed by atoms with Gasteiger partial charge in [-0.15, -0.1) is 0 Å². The molecule has 2 aromatic carbocycles. The largest absolute Gasteiger partial charge is 0.507 e. The van der Waals surface area contributed by atoms with Crippen LogP contribution in [0.2, 0.25) is 0 Å². The molecular weight excluding hydrogens is 411 g/mol. The fraction of sp³-hybridized carbons (Fsp3) is 0.360. The van der Waals surface area contributed by atoms with Gasteiger partial charge in [-0.2, -0.15) is 0 Å². The molecule has 0 unspecified atom stereocenters. The van der Waals surface area contributed by atoms with Gasteiger partial charge in [0.1, 0.15) is 17.3 Å². The Kier molecular flexibility index (Phi) is 7.64. The third-order valence-electron chi connectivity index (χ3n) is 5.33. The number of amides is 1. The first-order valence-electron chi connectivity index (χ1n) is 10.7. The van der Waals surface area contributed by atoms with Crippen LogP contribution in [-0.2, 0) is 9.59 Å². The summed E-state index contributed by atoms with van der Waals surface area (Å²) in [7, 11) is 3.88. The Morgan fingerprint density at radius 1 is 1.09 bits per heavy atom. The summed E-state index contributed by atoms with van der Waals surface area (Å²) in [6, 6.07) is 11.7. The molecule has 7 heteroatoms. The minimum atomic E-state index is -0.743. The summed E-state index contributed by atoms with van der Waals surface area (Å²) in [4.78, 5) is 29.4. The van der Waals surface area contributed by atoms with E-state index in [4.69, 9.17) is 4.74 Å². The molecule has 6 nitrogen and oxygen atoms in total. The maximum Gasteiger partial charge on any atom is 0.295 e. The van der Waals surface area contributed by atoms with E-state index in [9.17, 15) is 19.1 Å². The van der Waals surface area contributed by atoms with Crippen molar-refractivity contribution in [3.8, 4) is 5.75 Å². The number of nitrogens with zero attached hydrogens (tertiary/aromatic N) is 2. The Labute approximate surface area is 187 Å². The Morgan fingerprint density at radius 2 is 1.75 bits per heavy atom. The minimum Gasteiger partial charge on any atom is -0.507 e. The van der Waals surface area contributed by atoms with Crippen molar-refractivity contribution in [2.24, 2.45) is 0 Å².